The van der Waals surface area contributed by atoms with Crippen LogP contribution in [-0.2, 0) is 11.2 Å². The van der Waals surface area contributed by atoms with E-state index in [9.17, 15) is 19.5 Å². The average molecular weight is 456 g/mol. The molecule has 0 bridgehead atoms. The average Bonchev–Trinajstić information content (AvgIpc) is 3.46. The van der Waals surface area contributed by atoms with Crippen LogP contribution in [-0.4, -0.2) is 29.4 Å². The Morgan fingerprint density at radius 2 is 1.83 bits per heavy atom. The first-order valence-corrected chi connectivity index (χ1v) is 10.7. The molecule has 1 aromatic carbocycles. The van der Waals surface area contributed by atoms with Gasteiger partial charge in [0.05, 0.1) is 27.1 Å². The molecule has 0 atom stereocenters. The Morgan fingerprint density at radius 1 is 1.21 bits per heavy atom. The summed E-state index contributed by atoms with van der Waals surface area (Å²) in [6, 6.07) is 2.54. The number of ketones is 1. The van der Waals surface area contributed by atoms with Crippen LogP contribution in [0.5, 0.6) is 5.75 Å². The van der Waals surface area contributed by atoms with Crippen molar-refractivity contribution in [1.82, 2.24) is 0 Å². The van der Waals surface area contributed by atoms with Gasteiger partial charge in [0.15, 0.2) is 11.5 Å². The molecule has 1 aromatic heterocycles. The van der Waals surface area contributed by atoms with Crippen LogP contribution in [0.3, 0.4) is 0 Å². The number of hydrogen-bond acceptors (Lipinski definition) is 6. The maximum Gasteiger partial charge on any atom is 0.341 e. The van der Waals surface area contributed by atoms with Gasteiger partial charge in [0.25, 0.3) is 5.91 Å². The highest BCUT2D eigenvalue weighted by Gasteiger charge is 2.36. The number of carbonyl (C=O) groups excluding carboxylic acids is 3. The molecule has 3 rings (SSSR count). The van der Waals surface area contributed by atoms with Crippen LogP contribution < -0.4 is 5.32 Å². The first kappa shape index (κ1) is 21.6. The normalized spacial score (nSPS) is 13.2. The van der Waals surface area contributed by atoms with E-state index < -0.39 is 11.9 Å². The molecule has 29 heavy (non-hydrogen) atoms. The summed E-state index contributed by atoms with van der Waals surface area (Å²) in [6.45, 7) is 3.70. The van der Waals surface area contributed by atoms with Gasteiger partial charge < -0.3 is 15.2 Å². The largest absolute Gasteiger partial charge is 0.505 e. The van der Waals surface area contributed by atoms with Gasteiger partial charge in [-0.2, -0.15) is 0 Å². The van der Waals surface area contributed by atoms with E-state index in [0.29, 0.717) is 16.9 Å². The minimum absolute atomic E-state index is 0.00591. The number of hydrogen-bond donors (Lipinski definition) is 2. The molecule has 0 unspecified atom stereocenters. The second-order valence-electron chi connectivity index (χ2n) is 6.57. The fraction of sp³-hybridized carbons (Fsp3) is 0.350. The van der Waals surface area contributed by atoms with Crippen molar-refractivity contribution in [2.45, 2.75) is 33.1 Å². The van der Waals surface area contributed by atoms with Crippen molar-refractivity contribution < 1.29 is 24.2 Å². The van der Waals surface area contributed by atoms with Crippen molar-refractivity contribution in [1.29, 1.82) is 0 Å². The SMILES string of the molecule is CCOC(=O)c1c(NC(=O)c2cc(Cl)c(O)c(Cl)c2)sc(C(=O)C2CC2)c1CC. The first-order chi connectivity index (χ1) is 13.8. The van der Waals surface area contributed by atoms with Crippen molar-refractivity contribution in [3.05, 3.63) is 43.7 Å². The summed E-state index contributed by atoms with van der Waals surface area (Å²) in [6.07, 6.45) is 2.12. The molecule has 1 heterocycles. The smallest absolute Gasteiger partial charge is 0.341 e. The van der Waals surface area contributed by atoms with Crippen LogP contribution in [0, 0.1) is 5.92 Å². The van der Waals surface area contributed by atoms with Gasteiger partial charge >= 0.3 is 5.97 Å². The summed E-state index contributed by atoms with van der Waals surface area (Å²) < 4.78 is 5.15. The van der Waals surface area contributed by atoms with E-state index >= 15 is 0 Å². The zero-order valence-corrected chi connectivity index (χ0v) is 18.1. The summed E-state index contributed by atoms with van der Waals surface area (Å²) in [4.78, 5) is 38.5. The predicted molar refractivity (Wildman–Crippen MR) is 113 cm³/mol. The molecule has 2 aromatic rings. The van der Waals surface area contributed by atoms with Crippen LogP contribution in [0.25, 0.3) is 0 Å². The Hall–Kier alpha value is -2.09. The quantitative estimate of drug-likeness (QED) is 0.433. The Bertz CT molecular complexity index is 974. The number of amides is 1. The maximum absolute atomic E-state index is 12.7. The highest BCUT2D eigenvalue weighted by atomic mass is 35.5. The number of halogens is 2. The fourth-order valence-electron chi connectivity index (χ4n) is 2.91. The van der Waals surface area contributed by atoms with Crippen molar-refractivity contribution in [2.24, 2.45) is 5.92 Å². The van der Waals surface area contributed by atoms with E-state index in [4.69, 9.17) is 27.9 Å². The van der Waals surface area contributed by atoms with Crippen molar-refractivity contribution >= 4 is 57.2 Å². The van der Waals surface area contributed by atoms with Crippen LogP contribution in [0.15, 0.2) is 12.1 Å². The molecule has 2 N–H and O–H groups in total. The molecular weight excluding hydrogens is 437 g/mol. The van der Waals surface area contributed by atoms with Crippen LogP contribution in [0.4, 0.5) is 5.00 Å². The summed E-state index contributed by atoms with van der Waals surface area (Å²) in [5.41, 5.74) is 0.893. The summed E-state index contributed by atoms with van der Waals surface area (Å²) in [5.74, 6) is -1.51. The number of phenols is 1. The molecule has 1 amide bonds. The number of aromatic hydroxyl groups is 1. The number of nitrogens with one attached hydrogen (secondary N) is 1. The molecule has 0 spiro atoms. The molecule has 1 aliphatic rings. The molecule has 1 aliphatic carbocycles. The van der Waals surface area contributed by atoms with E-state index in [-0.39, 0.29) is 50.2 Å². The minimum Gasteiger partial charge on any atom is -0.505 e. The molecule has 1 saturated carbocycles. The number of rotatable bonds is 7. The Kier molecular flexibility index (Phi) is 6.51. The molecule has 0 saturated heterocycles. The number of carbonyl (C=O) groups is 3. The maximum atomic E-state index is 12.7. The molecular formula is C20H19Cl2NO5S. The lowest BCUT2D eigenvalue weighted by Crippen LogP contribution is -2.15. The number of phenolic OH excluding ortho intramolecular Hbond substituents is 1. The van der Waals surface area contributed by atoms with Gasteiger partial charge in [-0.15, -0.1) is 11.3 Å². The van der Waals surface area contributed by atoms with Gasteiger partial charge in [-0.1, -0.05) is 30.1 Å². The van der Waals surface area contributed by atoms with E-state index in [0.717, 1.165) is 24.2 Å². The molecule has 1 fully saturated rings. The third-order valence-corrected chi connectivity index (χ3v) is 6.26. The third-order valence-electron chi connectivity index (χ3n) is 4.52. The molecule has 9 heteroatoms. The van der Waals surface area contributed by atoms with Gasteiger partial charge in [-0.3, -0.25) is 9.59 Å². The molecule has 6 nitrogen and oxygen atoms in total. The van der Waals surface area contributed by atoms with E-state index in [1.807, 2.05) is 6.92 Å². The number of benzene rings is 1. The van der Waals surface area contributed by atoms with E-state index in [1.54, 1.807) is 6.92 Å². The Balaban J connectivity index is 2.02. The molecule has 154 valence electrons. The van der Waals surface area contributed by atoms with Crippen molar-refractivity contribution in [3.63, 3.8) is 0 Å². The molecule has 0 radical (unpaired) electrons. The standard InChI is InChI=1S/C20H19Cl2NO5S/c1-3-11-14(20(27)28-4-2)19(29-17(11)15(24)9-5-6-9)23-18(26)10-7-12(21)16(25)13(22)8-10/h7-9,25H,3-6H2,1-2H3,(H,23,26). The highest BCUT2D eigenvalue weighted by Crippen LogP contribution is 2.41. The van der Waals surface area contributed by atoms with Crippen LogP contribution in [0.2, 0.25) is 10.0 Å². The van der Waals surface area contributed by atoms with Gasteiger partial charge in [0, 0.05) is 11.5 Å². The van der Waals surface area contributed by atoms with Gasteiger partial charge in [0.2, 0.25) is 0 Å². The summed E-state index contributed by atoms with van der Waals surface area (Å²) in [5, 5.41) is 12.5. The summed E-state index contributed by atoms with van der Waals surface area (Å²) >= 11 is 12.9. The van der Waals surface area contributed by atoms with Gasteiger partial charge in [-0.05, 0) is 43.9 Å². The first-order valence-electron chi connectivity index (χ1n) is 9.14. The van der Waals surface area contributed by atoms with Crippen LogP contribution in [0.1, 0.15) is 62.6 Å². The topological polar surface area (TPSA) is 92.7 Å². The van der Waals surface area contributed by atoms with Gasteiger partial charge in [0.1, 0.15) is 5.00 Å². The number of anilines is 1. The van der Waals surface area contributed by atoms with Gasteiger partial charge in [-0.25, -0.2) is 4.79 Å². The van der Waals surface area contributed by atoms with E-state index in [2.05, 4.69) is 5.32 Å². The minimum atomic E-state index is -0.590. The lowest BCUT2D eigenvalue weighted by Gasteiger charge is -2.09. The second-order valence-corrected chi connectivity index (χ2v) is 8.40. The van der Waals surface area contributed by atoms with Crippen LogP contribution >= 0.6 is 34.5 Å². The predicted octanol–water partition coefficient (Wildman–Crippen LogP) is 5.34. The van der Waals surface area contributed by atoms with E-state index in [1.165, 1.54) is 12.1 Å². The lowest BCUT2D eigenvalue weighted by molar-refractivity contribution is 0.0527. The second kappa shape index (κ2) is 8.73. The Morgan fingerprint density at radius 3 is 2.34 bits per heavy atom. The molecule has 0 aliphatic heterocycles. The zero-order chi connectivity index (χ0) is 21.3. The summed E-state index contributed by atoms with van der Waals surface area (Å²) in [7, 11) is 0. The number of thiophene rings is 1. The van der Waals surface area contributed by atoms with Crippen molar-refractivity contribution in [2.75, 3.05) is 11.9 Å². The Labute approximate surface area is 181 Å². The number of Topliss-reactive ketones (excluding diaryl/α,β-unsaturated/α-hetero) is 1. The number of esters is 1. The zero-order valence-electron chi connectivity index (χ0n) is 15.8. The van der Waals surface area contributed by atoms with Crippen molar-refractivity contribution in [3.8, 4) is 5.75 Å². The number of ether oxygens (including phenoxy) is 1. The monoisotopic (exact) mass is 455 g/mol. The third kappa shape index (κ3) is 4.42. The fourth-order valence-corrected chi connectivity index (χ4v) is 4.69. The highest BCUT2D eigenvalue weighted by molar-refractivity contribution is 7.18. The lowest BCUT2D eigenvalue weighted by atomic mass is 10.0.